The molecule has 0 aliphatic heterocycles. The third kappa shape index (κ3) is 12.9. The van der Waals surface area contributed by atoms with Crippen LogP contribution in [0.25, 0.3) is 21.5 Å². The van der Waals surface area contributed by atoms with Gasteiger partial charge in [-0.3, -0.25) is 27.8 Å². The summed E-state index contributed by atoms with van der Waals surface area (Å²) in [7, 11) is -19.5. The first kappa shape index (κ1) is 55.8. The molecule has 6 rings (SSSR count). The largest absolute Gasteiger partial charge is 1.00 e. The summed E-state index contributed by atoms with van der Waals surface area (Å²) in [6.45, 7) is 0. The van der Waals surface area contributed by atoms with Crippen molar-refractivity contribution in [3.63, 3.8) is 0 Å². The SMILES string of the molecule is O=C(Nc1ccc(C(=O)Nc2ccc(S(=O)(=O)O)c3cccc(S(=O)(=O)O)c23)cc1)Nc1ccc(C(=O)Nc2ccc(S(=O)(=O)O)c3cccc(S(=O)(=O)O)c23)cc1.[H-].[H-].[H-].[H-].[Na+].[Na+].[Na+].[Na+]. The molecule has 0 aromatic heterocycles. The Morgan fingerprint density at radius 3 is 0.984 bits per heavy atom. The average Bonchev–Trinajstić information content (AvgIpc) is 3.13. The van der Waals surface area contributed by atoms with Gasteiger partial charge in [-0.15, -0.1) is 0 Å². The van der Waals surface area contributed by atoms with Crippen molar-refractivity contribution in [3.05, 3.63) is 120 Å². The smallest absolute Gasteiger partial charge is 1.00 e. The summed E-state index contributed by atoms with van der Waals surface area (Å²) in [5, 5.41) is 8.60. The standard InChI is InChI=1S/C35H26N4O15S4.4Na.4H/c40-33(38-25-15-17-27(55(43,44)45)23-3-1-5-29(31(23)25)57(49,50)51)19-7-11-21(12-8-19)36-35(42)37-22-13-9-20(10-14-22)34(41)39-26-16-18-28(56(46,47)48)24-4-2-6-30(32(24)26)58(52,53)54;;;;;;;;/h1-18H,(H,38,40)(H,39,41)(H2,36,37,42)(H,43,44,45)(H,46,47,48)(H,49,50,51)(H,52,53,54);;;;;;;;/q;4*+1;4*-1. The zero-order valence-electron chi connectivity index (χ0n) is 36.8. The van der Waals surface area contributed by atoms with E-state index < -0.39 is 77.9 Å². The molecule has 0 aliphatic rings. The van der Waals surface area contributed by atoms with Gasteiger partial charge >= 0.3 is 124 Å². The number of carbonyl (C=O) groups is 3. The van der Waals surface area contributed by atoms with E-state index in [9.17, 15) is 66.3 Å². The number of hydrogen-bond donors (Lipinski definition) is 8. The minimum Gasteiger partial charge on any atom is -1.00 e. The quantitative estimate of drug-likeness (QED) is 0.0468. The maximum Gasteiger partial charge on any atom is 1.00 e. The van der Waals surface area contributed by atoms with Crippen molar-refractivity contribution < 1.29 is 190 Å². The van der Waals surface area contributed by atoms with Crippen molar-refractivity contribution in [2.45, 2.75) is 19.6 Å². The molecule has 0 bridgehead atoms. The minimum atomic E-state index is -4.93. The van der Waals surface area contributed by atoms with Crippen molar-refractivity contribution >= 4 is 103 Å². The summed E-state index contributed by atoms with van der Waals surface area (Å²) in [6, 6.07) is 20.4. The second kappa shape index (κ2) is 21.8. The maximum absolute atomic E-state index is 13.1. The van der Waals surface area contributed by atoms with E-state index in [-0.39, 0.29) is 179 Å². The fraction of sp³-hybridized carbons (Fsp3) is 0. The van der Waals surface area contributed by atoms with Crippen molar-refractivity contribution in [1.82, 2.24) is 0 Å². The zero-order valence-corrected chi connectivity index (χ0v) is 44.1. The molecule has 6 aromatic rings. The Labute approximate surface area is 448 Å². The first-order chi connectivity index (χ1) is 27.0. The van der Waals surface area contributed by atoms with E-state index >= 15 is 0 Å². The molecule has 0 spiro atoms. The number of amides is 4. The number of fused-ring (bicyclic) bond motifs is 2. The van der Waals surface area contributed by atoms with E-state index in [0.717, 1.165) is 48.5 Å². The van der Waals surface area contributed by atoms with E-state index in [1.54, 1.807) is 0 Å². The Morgan fingerprint density at radius 2 is 0.694 bits per heavy atom. The van der Waals surface area contributed by atoms with Gasteiger partial charge in [0.2, 0.25) is 0 Å². The summed E-state index contributed by atoms with van der Waals surface area (Å²) >= 11 is 0. The van der Waals surface area contributed by atoms with Gasteiger partial charge in [-0.1, -0.05) is 24.3 Å². The van der Waals surface area contributed by atoms with Gasteiger partial charge in [0.25, 0.3) is 52.3 Å². The molecule has 0 aliphatic carbocycles. The summed E-state index contributed by atoms with van der Waals surface area (Å²) in [5.74, 6) is -1.60. The predicted octanol–water partition coefficient (Wildman–Crippen LogP) is -6.41. The van der Waals surface area contributed by atoms with Crippen molar-refractivity contribution in [2.75, 3.05) is 21.3 Å². The number of carbonyl (C=O) groups excluding carboxylic acids is 3. The molecule has 0 fully saturated rings. The Balaban J connectivity index is -0.00000496. The normalized spacial score (nSPS) is 11.4. The second-order valence-electron chi connectivity index (χ2n) is 12.1. The van der Waals surface area contributed by atoms with Crippen LogP contribution in [0.4, 0.5) is 27.5 Å². The van der Waals surface area contributed by atoms with Gasteiger partial charge in [-0.2, -0.15) is 33.7 Å². The number of anilines is 4. The molecule has 4 amide bonds. The van der Waals surface area contributed by atoms with E-state index in [1.165, 1.54) is 60.7 Å². The number of urea groups is 1. The van der Waals surface area contributed by atoms with Gasteiger partial charge in [0.1, 0.15) is 19.6 Å². The Hall–Kier alpha value is -2.31. The topological polar surface area (TPSA) is 317 Å². The van der Waals surface area contributed by atoms with Gasteiger partial charge in [-0.25, -0.2) is 4.79 Å². The predicted molar refractivity (Wildman–Crippen MR) is 213 cm³/mol. The molecule has 8 N–H and O–H groups in total. The second-order valence-corrected chi connectivity index (χ2v) is 17.7. The van der Waals surface area contributed by atoms with Gasteiger partial charge in [0, 0.05) is 44.0 Å². The van der Waals surface area contributed by atoms with Crippen LogP contribution in [0.1, 0.15) is 26.4 Å². The fourth-order valence-corrected chi connectivity index (χ4v) is 8.71. The fourth-order valence-electron chi connectivity index (χ4n) is 5.87. The summed E-state index contributed by atoms with van der Waals surface area (Å²) in [4.78, 5) is 36.2. The van der Waals surface area contributed by atoms with E-state index in [2.05, 4.69) is 21.3 Å². The molecule has 6 aromatic carbocycles. The molecule has 308 valence electrons. The molecule has 19 nitrogen and oxygen atoms in total. The van der Waals surface area contributed by atoms with Crippen molar-refractivity contribution in [2.24, 2.45) is 0 Å². The van der Waals surface area contributed by atoms with Crippen LogP contribution in [0.5, 0.6) is 0 Å². The van der Waals surface area contributed by atoms with E-state index in [0.29, 0.717) is 0 Å². The van der Waals surface area contributed by atoms with Gasteiger partial charge in [0.15, 0.2) is 0 Å². The zero-order chi connectivity index (χ0) is 42.4. The molecule has 27 heteroatoms. The molecular formula is C35H30N4Na4O15S4. The van der Waals surface area contributed by atoms with Crippen molar-refractivity contribution in [1.29, 1.82) is 0 Å². The maximum atomic E-state index is 13.1. The van der Waals surface area contributed by atoms with Crippen LogP contribution in [-0.4, -0.2) is 69.7 Å². The van der Waals surface area contributed by atoms with Crippen molar-refractivity contribution in [3.8, 4) is 0 Å². The van der Waals surface area contributed by atoms with Gasteiger partial charge in [-0.05, 0) is 84.9 Å². The number of hydrogen-bond acceptors (Lipinski definition) is 11. The van der Waals surface area contributed by atoms with Crippen LogP contribution in [0.15, 0.2) is 129 Å². The number of benzene rings is 6. The van der Waals surface area contributed by atoms with Crippen LogP contribution in [0, 0.1) is 0 Å². The third-order valence-electron chi connectivity index (χ3n) is 8.34. The molecule has 0 radical (unpaired) electrons. The summed E-state index contributed by atoms with van der Waals surface area (Å²) < 4.78 is 135. The number of rotatable bonds is 10. The Morgan fingerprint density at radius 1 is 0.387 bits per heavy atom. The van der Waals surface area contributed by atoms with Crippen LogP contribution < -0.4 is 139 Å². The van der Waals surface area contributed by atoms with Gasteiger partial charge in [0.05, 0.1) is 11.4 Å². The van der Waals surface area contributed by atoms with E-state index in [1.807, 2.05) is 0 Å². The molecule has 0 saturated carbocycles. The Bertz CT molecular complexity index is 2990. The van der Waals surface area contributed by atoms with Crippen LogP contribution in [0.2, 0.25) is 0 Å². The Kier molecular flexibility index (Phi) is 19.6. The average molecular weight is 967 g/mol. The molecule has 62 heavy (non-hydrogen) atoms. The first-order valence-electron chi connectivity index (χ1n) is 15.9. The monoisotopic (exact) mass is 966 g/mol. The van der Waals surface area contributed by atoms with Crippen LogP contribution in [0.3, 0.4) is 0 Å². The molecule has 0 saturated heterocycles. The van der Waals surface area contributed by atoms with Gasteiger partial charge < -0.3 is 27.0 Å². The molecule has 0 atom stereocenters. The molecule has 0 unspecified atom stereocenters. The molecular weight excluding hydrogens is 937 g/mol. The molecule has 0 heterocycles. The summed E-state index contributed by atoms with van der Waals surface area (Å²) in [5.41, 5.74) is 0.0106. The van der Waals surface area contributed by atoms with Crippen LogP contribution >= 0.6 is 0 Å². The van der Waals surface area contributed by atoms with Crippen LogP contribution in [-0.2, 0) is 40.5 Å². The third-order valence-corrected chi connectivity index (χ3v) is 12.0. The summed E-state index contributed by atoms with van der Waals surface area (Å²) in [6.07, 6.45) is 0. The number of nitrogens with one attached hydrogen (secondary N) is 4. The minimum absolute atomic E-state index is 0. The van der Waals surface area contributed by atoms with E-state index in [4.69, 9.17) is 0 Å². The first-order valence-corrected chi connectivity index (χ1v) is 21.7.